The fourth-order valence-corrected chi connectivity index (χ4v) is 3.35. The fraction of sp³-hybridized carbons (Fsp3) is 0.375. The monoisotopic (exact) mass is 276 g/mol. The third-order valence-corrected chi connectivity index (χ3v) is 4.50. The normalized spacial score (nSPS) is 12.5. The van der Waals surface area contributed by atoms with E-state index in [4.69, 9.17) is 4.74 Å². The summed E-state index contributed by atoms with van der Waals surface area (Å²) >= 11 is 1.62. The van der Waals surface area contributed by atoms with Crippen molar-refractivity contribution < 1.29 is 9.84 Å². The molecule has 0 spiro atoms. The predicted octanol–water partition coefficient (Wildman–Crippen LogP) is 4.02. The highest BCUT2D eigenvalue weighted by Gasteiger charge is 2.18. The third-order valence-electron chi connectivity index (χ3n) is 3.49. The van der Waals surface area contributed by atoms with Crippen LogP contribution in [0.1, 0.15) is 40.2 Å². The van der Waals surface area contributed by atoms with Crippen LogP contribution in [-0.4, -0.2) is 12.2 Å². The number of aliphatic hydroxyl groups is 1. The second-order valence-corrected chi connectivity index (χ2v) is 5.69. The molecule has 2 rings (SSSR count). The lowest BCUT2D eigenvalue weighted by Crippen LogP contribution is -2.04. The minimum atomic E-state index is -0.542. The van der Waals surface area contributed by atoms with Crippen molar-refractivity contribution >= 4 is 11.3 Å². The summed E-state index contributed by atoms with van der Waals surface area (Å²) in [6.07, 6.45) is 0.406. The Morgan fingerprint density at radius 1 is 1.26 bits per heavy atom. The maximum absolute atomic E-state index is 10.6. The van der Waals surface area contributed by atoms with Gasteiger partial charge in [0.25, 0.3) is 0 Å². The highest BCUT2D eigenvalue weighted by atomic mass is 32.1. The largest absolute Gasteiger partial charge is 0.496 e. The van der Waals surface area contributed by atoms with Gasteiger partial charge >= 0.3 is 0 Å². The highest BCUT2D eigenvalue weighted by molar-refractivity contribution is 7.10. The van der Waals surface area contributed by atoms with Crippen LogP contribution < -0.4 is 4.74 Å². The maximum Gasteiger partial charge on any atom is 0.122 e. The number of rotatable bonds is 4. The van der Waals surface area contributed by atoms with Crippen molar-refractivity contribution in [1.29, 1.82) is 0 Å². The van der Waals surface area contributed by atoms with Gasteiger partial charge in [-0.2, -0.15) is 0 Å². The molecule has 1 aromatic heterocycles. The summed E-state index contributed by atoms with van der Waals surface area (Å²) in [6.45, 7) is 6.13. The van der Waals surface area contributed by atoms with Crippen LogP contribution in [0.5, 0.6) is 5.75 Å². The van der Waals surface area contributed by atoms with Gasteiger partial charge in [0.05, 0.1) is 7.11 Å². The molecule has 0 radical (unpaired) electrons. The van der Waals surface area contributed by atoms with Crippen molar-refractivity contribution in [2.45, 2.75) is 33.3 Å². The van der Waals surface area contributed by atoms with E-state index in [1.54, 1.807) is 18.4 Å². The molecule has 0 fully saturated rings. The van der Waals surface area contributed by atoms with Crippen LogP contribution in [0.15, 0.2) is 23.6 Å². The molecule has 0 aliphatic carbocycles. The van der Waals surface area contributed by atoms with Gasteiger partial charge in [-0.25, -0.2) is 0 Å². The predicted molar refractivity (Wildman–Crippen MR) is 80.2 cm³/mol. The van der Waals surface area contributed by atoms with E-state index in [0.717, 1.165) is 33.7 Å². The van der Waals surface area contributed by atoms with Crippen molar-refractivity contribution in [2.24, 2.45) is 0 Å². The summed E-state index contributed by atoms with van der Waals surface area (Å²) in [4.78, 5) is 1.05. The molecule has 19 heavy (non-hydrogen) atoms. The van der Waals surface area contributed by atoms with Gasteiger partial charge in [0.1, 0.15) is 11.9 Å². The first-order valence-corrected chi connectivity index (χ1v) is 7.35. The zero-order valence-electron chi connectivity index (χ0n) is 11.9. The van der Waals surface area contributed by atoms with Crippen LogP contribution >= 0.6 is 11.3 Å². The summed E-state index contributed by atoms with van der Waals surface area (Å²) in [5.41, 5.74) is 4.31. The number of thiophene rings is 1. The van der Waals surface area contributed by atoms with Crippen LogP contribution in [0.3, 0.4) is 0 Å². The molecule has 1 N–H and O–H groups in total. The van der Waals surface area contributed by atoms with Crippen LogP contribution in [0, 0.1) is 13.8 Å². The van der Waals surface area contributed by atoms with Gasteiger partial charge in [0, 0.05) is 4.88 Å². The molecule has 1 heterocycles. The van der Waals surface area contributed by atoms with E-state index >= 15 is 0 Å². The lowest BCUT2D eigenvalue weighted by atomic mass is 9.97. The number of hydrogen-bond donors (Lipinski definition) is 1. The highest BCUT2D eigenvalue weighted by Crippen LogP contribution is 2.34. The number of aryl methyl sites for hydroxylation is 3. The van der Waals surface area contributed by atoms with Gasteiger partial charge in [-0.3, -0.25) is 0 Å². The van der Waals surface area contributed by atoms with E-state index in [1.165, 1.54) is 5.56 Å². The van der Waals surface area contributed by atoms with Crippen molar-refractivity contribution in [3.05, 3.63) is 50.7 Å². The van der Waals surface area contributed by atoms with Gasteiger partial charge in [0.2, 0.25) is 0 Å². The average molecular weight is 276 g/mol. The van der Waals surface area contributed by atoms with E-state index in [1.807, 2.05) is 31.4 Å². The Kier molecular flexibility index (Phi) is 4.27. The zero-order chi connectivity index (χ0) is 14.0. The van der Waals surface area contributed by atoms with Crippen LogP contribution in [0.25, 0.3) is 0 Å². The Labute approximate surface area is 118 Å². The standard InChI is InChI=1S/C16H20O2S/c1-5-12-6-7-19-16(12)15(17)13-8-11(3)14(18-4)9-10(13)2/h6-9,15,17H,5H2,1-4H3. The lowest BCUT2D eigenvalue weighted by molar-refractivity contribution is 0.222. The molecule has 2 nitrogen and oxygen atoms in total. The Morgan fingerprint density at radius 2 is 2.00 bits per heavy atom. The topological polar surface area (TPSA) is 29.5 Å². The van der Waals surface area contributed by atoms with E-state index in [-0.39, 0.29) is 0 Å². The first-order valence-electron chi connectivity index (χ1n) is 6.48. The van der Waals surface area contributed by atoms with Crippen LogP contribution in [0.2, 0.25) is 0 Å². The van der Waals surface area contributed by atoms with E-state index in [9.17, 15) is 5.11 Å². The number of ether oxygens (including phenoxy) is 1. The van der Waals surface area contributed by atoms with Gasteiger partial charge in [0.15, 0.2) is 0 Å². The summed E-state index contributed by atoms with van der Waals surface area (Å²) in [5.74, 6) is 0.871. The molecule has 3 heteroatoms. The molecule has 0 saturated carbocycles. The summed E-state index contributed by atoms with van der Waals surface area (Å²) in [7, 11) is 1.67. The van der Waals surface area contributed by atoms with Crippen molar-refractivity contribution in [3.8, 4) is 5.75 Å². The number of benzene rings is 1. The minimum absolute atomic E-state index is 0.542. The molecule has 1 unspecified atom stereocenters. The lowest BCUT2D eigenvalue weighted by Gasteiger charge is -2.16. The Balaban J connectivity index is 2.44. The SMILES string of the molecule is CCc1ccsc1C(O)c1cc(C)c(OC)cc1C. The van der Waals surface area contributed by atoms with E-state index < -0.39 is 6.10 Å². The van der Waals surface area contributed by atoms with E-state index in [2.05, 4.69) is 13.0 Å². The fourth-order valence-electron chi connectivity index (χ4n) is 2.35. The summed E-state index contributed by atoms with van der Waals surface area (Å²) in [6, 6.07) is 6.11. The quantitative estimate of drug-likeness (QED) is 0.914. The van der Waals surface area contributed by atoms with Gasteiger partial charge in [-0.05, 0) is 66.1 Å². The number of hydrogen-bond acceptors (Lipinski definition) is 3. The molecule has 0 amide bonds. The zero-order valence-corrected chi connectivity index (χ0v) is 12.7. The Morgan fingerprint density at radius 3 is 2.63 bits per heavy atom. The van der Waals surface area contributed by atoms with Crippen molar-refractivity contribution in [3.63, 3.8) is 0 Å². The summed E-state index contributed by atoms with van der Waals surface area (Å²) < 4.78 is 5.32. The minimum Gasteiger partial charge on any atom is -0.496 e. The molecule has 0 aliphatic rings. The molecular formula is C16H20O2S. The molecule has 1 aromatic carbocycles. The molecule has 102 valence electrons. The molecule has 1 atom stereocenters. The second-order valence-electron chi connectivity index (χ2n) is 4.74. The molecule has 0 saturated heterocycles. The van der Waals surface area contributed by atoms with Gasteiger partial charge in [-0.15, -0.1) is 11.3 Å². The number of methoxy groups -OCH3 is 1. The van der Waals surface area contributed by atoms with E-state index in [0.29, 0.717) is 0 Å². The van der Waals surface area contributed by atoms with Crippen molar-refractivity contribution in [2.75, 3.05) is 7.11 Å². The van der Waals surface area contributed by atoms with Crippen molar-refractivity contribution in [1.82, 2.24) is 0 Å². The first kappa shape index (κ1) is 14.1. The van der Waals surface area contributed by atoms with Gasteiger partial charge in [-0.1, -0.05) is 6.92 Å². The number of aliphatic hydroxyl groups excluding tert-OH is 1. The molecule has 0 aliphatic heterocycles. The Bertz CT molecular complexity index is 572. The molecule has 0 bridgehead atoms. The first-order chi connectivity index (χ1) is 9.08. The smallest absolute Gasteiger partial charge is 0.122 e. The van der Waals surface area contributed by atoms with Crippen LogP contribution in [-0.2, 0) is 6.42 Å². The Hall–Kier alpha value is -1.32. The molecular weight excluding hydrogens is 256 g/mol. The average Bonchev–Trinajstić information content (AvgIpc) is 2.88. The molecule has 2 aromatic rings. The second kappa shape index (κ2) is 5.76. The third kappa shape index (κ3) is 2.67. The van der Waals surface area contributed by atoms with Gasteiger partial charge < -0.3 is 9.84 Å². The summed E-state index contributed by atoms with van der Waals surface area (Å²) in [5, 5.41) is 12.7. The van der Waals surface area contributed by atoms with Crippen LogP contribution in [0.4, 0.5) is 0 Å². The maximum atomic E-state index is 10.6.